The Hall–Kier alpha value is -0.570. The Morgan fingerprint density at radius 3 is 2.69 bits per heavy atom. The van der Waals surface area contributed by atoms with Crippen molar-refractivity contribution in [3.05, 3.63) is 34.9 Å². The van der Waals surface area contributed by atoms with E-state index in [0.717, 1.165) is 23.4 Å². The fourth-order valence-electron chi connectivity index (χ4n) is 2.98. The third-order valence-electron chi connectivity index (χ3n) is 3.76. The molecule has 0 spiro atoms. The summed E-state index contributed by atoms with van der Waals surface area (Å²) in [7, 11) is 0. The second-order valence-corrected chi connectivity index (χ2v) is 5.44. The highest BCUT2D eigenvalue weighted by molar-refractivity contribution is 6.30. The van der Waals surface area contributed by atoms with Crippen molar-refractivity contribution in [2.45, 2.75) is 6.54 Å². The van der Waals surface area contributed by atoms with Crippen LogP contribution in [-0.4, -0.2) is 31.1 Å². The predicted molar refractivity (Wildman–Crippen MR) is 66.6 cm³/mol. The molecule has 2 fully saturated rings. The number of fused-ring (bicyclic) bond motifs is 1. The lowest BCUT2D eigenvalue weighted by atomic mass is 10.0. The second-order valence-electron chi connectivity index (χ2n) is 5.00. The van der Waals surface area contributed by atoms with Crippen LogP contribution in [0.1, 0.15) is 5.56 Å². The molecule has 1 aromatic rings. The third kappa shape index (κ3) is 2.10. The summed E-state index contributed by atoms with van der Waals surface area (Å²) in [6.07, 6.45) is 0. The maximum absolute atomic E-state index is 6.00. The predicted octanol–water partition coefficient (Wildman–Crippen LogP) is 1.99. The number of hydrogen-bond donors (Lipinski definition) is 1. The van der Waals surface area contributed by atoms with Gasteiger partial charge >= 0.3 is 0 Å². The normalized spacial score (nSPS) is 29.6. The number of nitrogens with zero attached hydrogens (tertiary/aromatic N) is 1. The maximum atomic E-state index is 6.00. The lowest BCUT2D eigenvalue weighted by molar-refractivity contribution is 0.305. The van der Waals surface area contributed by atoms with Crippen LogP contribution in [0.3, 0.4) is 0 Å². The summed E-state index contributed by atoms with van der Waals surface area (Å²) in [5.41, 5.74) is 1.33. The highest BCUT2D eigenvalue weighted by Gasteiger charge is 2.35. The van der Waals surface area contributed by atoms with Gasteiger partial charge in [0, 0.05) is 24.7 Å². The Bertz CT molecular complexity index is 368. The van der Waals surface area contributed by atoms with Gasteiger partial charge in [0.1, 0.15) is 0 Å². The van der Waals surface area contributed by atoms with Crippen molar-refractivity contribution >= 4 is 11.6 Å². The summed E-state index contributed by atoms with van der Waals surface area (Å²) in [5, 5.41) is 4.32. The minimum absolute atomic E-state index is 0.846. The SMILES string of the molecule is Clc1cccc(CN2CC3CNCC3C2)c1. The first-order valence-corrected chi connectivity index (χ1v) is 6.36. The zero-order valence-corrected chi connectivity index (χ0v) is 10.1. The minimum Gasteiger partial charge on any atom is -0.316 e. The van der Waals surface area contributed by atoms with Gasteiger partial charge in [0.2, 0.25) is 0 Å². The average molecular weight is 237 g/mol. The molecule has 1 N–H and O–H groups in total. The van der Waals surface area contributed by atoms with Crippen molar-refractivity contribution in [1.29, 1.82) is 0 Å². The zero-order chi connectivity index (χ0) is 11.0. The third-order valence-corrected chi connectivity index (χ3v) is 4.00. The van der Waals surface area contributed by atoms with Crippen LogP contribution in [0.15, 0.2) is 24.3 Å². The van der Waals surface area contributed by atoms with E-state index in [9.17, 15) is 0 Å². The monoisotopic (exact) mass is 236 g/mol. The Labute approximate surface area is 102 Å². The molecule has 0 radical (unpaired) electrons. The standard InChI is InChI=1S/C13H17ClN2/c14-13-3-1-2-10(4-13)7-16-8-11-5-15-6-12(11)9-16/h1-4,11-12,15H,5-9H2. The van der Waals surface area contributed by atoms with Gasteiger partial charge in [-0.25, -0.2) is 0 Å². The first kappa shape index (κ1) is 10.6. The van der Waals surface area contributed by atoms with Gasteiger partial charge in [0.25, 0.3) is 0 Å². The van der Waals surface area contributed by atoms with E-state index in [1.807, 2.05) is 12.1 Å². The maximum Gasteiger partial charge on any atom is 0.0409 e. The molecule has 2 saturated heterocycles. The van der Waals surface area contributed by atoms with Gasteiger partial charge in [0.05, 0.1) is 0 Å². The van der Waals surface area contributed by atoms with Crippen molar-refractivity contribution in [3.63, 3.8) is 0 Å². The highest BCUT2D eigenvalue weighted by Crippen LogP contribution is 2.27. The van der Waals surface area contributed by atoms with Crippen LogP contribution in [0.25, 0.3) is 0 Å². The summed E-state index contributed by atoms with van der Waals surface area (Å²) in [4.78, 5) is 2.56. The minimum atomic E-state index is 0.846. The van der Waals surface area contributed by atoms with Gasteiger partial charge in [-0.05, 0) is 42.6 Å². The Kier molecular flexibility index (Phi) is 2.88. The van der Waals surface area contributed by atoms with Gasteiger partial charge in [-0.1, -0.05) is 23.7 Å². The first-order chi connectivity index (χ1) is 7.81. The molecule has 16 heavy (non-hydrogen) atoms. The number of halogens is 1. The van der Waals surface area contributed by atoms with Crippen LogP contribution in [0.5, 0.6) is 0 Å². The first-order valence-electron chi connectivity index (χ1n) is 5.99. The molecule has 3 heteroatoms. The quantitative estimate of drug-likeness (QED) is 0.845. The van der Waals surface area contributed by atoms with Crippen LogP contribution in [0.4, 0.5) is 0 Å². The van der Waals surface area contributed by atoms with E-state index in [2.05, 4.69) is 22.3 Å². The lowest BCUT2D eigenvalue weighted by Crippen LogP contribution is -2.25. The van der Waals surface area contributed by atoms with Gasteiger partial charge in [-0.2, -0.15) is 0 Å². The molecule has 2 atom stereocenters. The summed E-state index contributed by atoms with van der Waals surface area (Å²) in [6.45, 7) is 5.94. The van der Waals surface area contributed by atoms with Crippen LogP contribution >= 0.6 is 11.6 Å². The highest BCUT2D eigenvalue weighted by atomic mass is 35.5. The molecular formula is C13H17ClN2. The van der Waals surface area contributed by atoms with E-state index in [1.54, 1.807) is 0 Å². The summed E-state index contributed by atoms with van der Waals surface area (Å²) in [6, 6.07) is 8.22. The molecular weight excluding hydrogens is 220 g/mol. The van der Waals surface area contributed by atoms with E-state index >= 15 is 0 Å². The summed E-state index contributed by atoms with van der Waals surface area (Å²) in [5.74, 6) is 1.75. The van der Waals surface area contributed by atoms with Crippen molar-refractivity contribution in [1.82, 2.24) is 10.2 Å². The van der Waals surface area contributed by atoms with Crippen molar-refractivity contribution < 1.29 is 0 Å². The zero-order valence-electron chi connectivity index (χ0n) is 9.32. The van der Waals surface area contributed by atoms with E-state index in [0.29, 0.717) is 0 Å². The van der Waals surface area contributed by atoms with Crippen LogP contribution in [-0.2, 0) is 6.54 Å². The Balaban J connectivity index is 1.64. The largest absolute Gasteiger partial charge is 0.316 e. The van der Waals surface area contributed by atoms with Gasteiger partial charge in [-0.15, -0.1) is 0 Å². The topological polar surface area (TPSA) is 15.3 Å². The van der Waals surface area contributed by atoms with Crippen LogP contribution in [0, 0.1) is 11.8 Å². The van der Waals surface area contributed by atoms with Crippen LogP contribution < -0.4 is 5.32 Å². The van der Waals surface area contributed by atoms with Gasteiger partial charge < -0.3 is 5.32 Å². The van der Waals surface area contributed by atoms with Gasteiger partial charge in [0.15, 0.2) is 0 Å². The number of hydrogen-bond acceptors (Lipinski definition) is 2. The number of benzene rings is 1. The molecule has 3 rings (SSSR count). The fourth-order valence-corrected chi connectivity index (χ4v) is 3.19. The molecule has 2 unspecified atom stereocenters. The van der Waals surface area contributed by atoms with Crippen molar-refractivity contribution in [3.8, 4) is 0 Å². The molecule has 2 nitrogen and oxygen atoms in total. The molecule has 0 bridgehead atoms. The van der Waals surface area contributed by atoms with E-state index in [1.165, 1.54) is 31.7 Å². The lowest BCUT2D eigenvalue weighted by Gasteiger charge is -2.16. The summed E-state index contributed by atoms with van der Waals surface area (Å²) < 4.78 is 0. The molecule has 0 saturated carbocycles. The molecule has 0 aliphatic carbocycles. The number of likely N-dealkylation sites (tertiary alicyclic amines) is 1. The molecule has 0 amide bonds. The number of nitrogens with one attached hydrogen (secondary N) is 1. The average Bonchev–Trinajstić information content (AvgIpc) is 2.77. The van der Waals surface area contributed by atoms with E-state index in [4.69, 9.17) is 11.6 Å². The second kappa shape index (κ2) is 4.36. The Morgan fingerprint density at radius 2 is 2.00 bits per heavy atom. The van der Waals surface area contributed by atoms with Crippen LogP contribution in [0.2, 0.25) is 5.02 Å². The Morgan fingerprint density at radius 1 is 1.25 bits per heavy atom. The summed E-state index contributed by atoms with van der Waals surface area (Å²) >= 11 is 6.00. The van der Waals surface area contributed by atoms with E-state index in [-0.39, 0.29) is 0 Å². The smallest absolute Gasteiger partial charge is 0.0409 e. The molecule has 1 aromatic carbocycles. The van der Waals surface area contributed by atoms with Crippen molar-refractivity contribution in [2.24, 2.45) is 11.8 Å². The molecule has 86 valence electrons. The van der Waals surface area contributed by atoms with Gasteiger partial charge in [-0.3, -0.25) is 4.90 Å². The fraction of sp³-hybridized carbons (Fsp3) is 0.538. The number of rotatable bonds is 2. The van der Waals surface area contributed by atoms with Crippen molar-refractivity contribution in [2.75, 3.05) is 26.2 Å². The van der Waals surface area contributed by atoms with E-state index < -0.39 is 0 Å². The molecule has 0 aromatic heterocycles. The molecule has 2 heterocycles. The molecule has 2 aliphatic heterocycles. The molecule has 2 aliphatic rings.